The van der Waals surface area contributed by atoms with Gasteiger partial charge in [0.15, 0.2) is 5.76 Å². The zero-order valence-electron chi connectivity index (χ0n) is 15.7. The molecule has 0 atom stereocenters. The average Bonchev–Trinajstić information content (AvgIpc) is 2.70. The number of aryl methyl sites for hydroxylation is 2. The fourth-order valence-corrected chi connectivity index (χ4v) is 3.21. The minimum atomic E-state index is -0.176. The fraction of sp³-hybridized carbons (Fsp3) is 0.125. The standard InChI is InChI=1S/C24H19ClO3/c1-15-12-20-21(13-16(15)2)28-23(18-8-10-19(25)11-9-18)24(22(20)26)27-14-17-6-4-3-5-7-17/h3-13H,14H2,1-2H3. The second-order valence-corrected chi connectivity index (χ2v) is 7.24. The molecule has 0 spiro atoms. The van der Waals surface area contributed by atoms with Gasteiger partial charge in [-0.1, -0.05) is 41.9 Å². The molecule has 0 radical (unpaired) electrons. The first-order chi connectivity index (χ1) is 13.5. The summed E-state index contributed by atoms with van der Waals surface area (Å²) in [7, 11) is 0. The monoisotopic (exact) mass is 390 g/mol. The zero-order valence-corrected chi connectivity index (χ0v) is 16.4. The van der Waals surface area contributed by atoms with E-state index >= 15 is 0 Å². The van der Waals surface area contributed by atoms with Gasteiger partial charge in [-0.05, 0) is 66.9 Å². The Balaban J connectivity index is 1.89. The van der Waals surface area contributed by atoms with Crippen molar-refractivity contribution in [1.82, 2.24) is 0 Å². The van der Waals surface area contributed by atoms with Gasteiger partial charge in [-0.2, -0.15) is 0 Å². The molecule has 4 rings (SSSR count). The van der Waals surface area contributed by atoms with E-state index in [-0.39, 0.29) is 17.8 Å². The molecule has 140 valence electrons. The van der Waals surface area contributed by atoms with Crippen molar-refractivity contribution in [2.75, 3.05) is 0 Å². The third kappa shape index (κ3) is 3.54. The van der Waals surface area contributed by atoms with E-state index in [0.717, 1.165) is 22.3 Å². The summed E-state index contributed by atoms with van der Waals surface area (Å²) in [6.07, 6.45) is 0. The summed E-state index contributed by atoms with van der Waals surface area (Å²) < 4.78 is 12.1. The molecule has 4 aromatic rings. The molecule has 0 aliphatic rings. The minimum Gasteiger partial charge on any atom is -0.481 e. The normalized spacial score (nSPS) is 11.0. The number of rotatable bonds is 4. The first-order valence-electron chi connectivity index (χ1n) is 9.03. The second-order valence-electron chi connectivity index (χ2n) is 6.80. The Hall–Kier alpha value is -3.04. The van der Waals surface area contributed by atoms with Gasteiger partial charge >= 0.3 is 0 Å². The van der Waals surface area contributed by atoms with Gasteiger partial charge in [0.05, 0.1) is 5.39 Å². The molecule has 0 unspecified atom stereocenters. The van der Waals surface area contributed by atoms with E-state index in [0.29, 0.717) is 21.8 Å². The Morgan fingerprint density at radius 2 is 1.61 bits per heavy atom. The lowest BCUT2D eigenvalue weighted by molar-refractivity contribution is 0.298. The largest absolute Gasteiger partial charge is 0.481 e. The van der Waals surface area contributed by atoms with Crippen molar-refractivity contribution >= 4 is 22.6 Å². The molecule has 3 aromatic carbocycles. The first-order valence-corrected chi connectivity index (χ1v) is 9.41. The molecule has 4 heteroatoms. The second kappa shape index (κ2) is 7.53. The van der Waals surface area contributed by atoms with Crippen LogP contribution in [0.15, 0.2) is 75.9 Å². The van der Waals surface area contributed by atoms with Crippen molar-refractivity contribution in [1.29, 1.82) is 0 Å². The van der Waals surface area contributed by atoms with Crippen LogP contribution in [0.5, 0.6) is 5.75 Å². The molecule has 0 saturated heterocycles. The van der Waals surface area contributed by atoms with Gasteiger partial charge in [0.1, 0.15) is 12.2 Å². The highest BCUT2D eigenvalue weighted by atomic mass is 35.5. The molecular weight excluding hydrogens is 372 g/mol. The number of hydrogen-bond acceptors (Lipinski definition) is 3. The minimum absolute atomic E-state index is 0.176. The van der Waals surface area contributed by atoms with Crippen molar-refractivity contribution < 1.29 is 9.15 Å². The Kier molecular flexibility index (Phi) is 4.93. The van der Waals surface area contributed by atoms with Crippen molar-refractivity contribution in [2.24, 2.45) is 0 Å². The van der Waals surface area contributed by atoms with Gasteiger partial charge in [0.2, 0.25) is 11.2 Å². The van der Waals surface area contributed by atoms with E-state index in [1.54, 1.807) is 12.1 Å². The van der Waals surface area contributed by atoms with Crippen molar-refractivity contribution in [3.05, 3.63) is 98.7 Å². The highest BCUT2D eigenvalue weighted by Crippen LogP contribution is 2.33. The average molecular weight is 391 g/mol. The maximum absolute atomic E-state index is 13.3. The Morgan fingerprint density at radius 1 is 0.929 bits per heavy atom. The molecule has 0 fully saturated rings. The lowest BCUT2D eigenvalue weighted by Gasteiger charge is -2.13. The molecule has 0 aliphatic heterocycles. The molecule has 1 aromatic heterocycles. The molecular formula is C24H19ClO3. The molecule has 0 bridgehead atoms. The van der Waals surface area contributed by atoms with E-state index in [2.05, 4.69) is 0 Å². The summed E-state index contributed by atoms with van der Waals surface area (Å²) in [5.41, 5.74) is 4.19. The number of ether oxygens (including phenoxy) is 1. The molecule has 28 heavy (non-hydrogen) atoms. The maximum Gasteiger partial charge on any atom is 0.235 e. The number of fused-ring (bicyclic) bond motifs is 1. The predicted octanol–water partition coefficient (Wildman–Crippen LogP) is 6.31. The Morgan fingerprint density at radius 3 is 2.32 bits per heavy atom. The van der Waals surface area contributed by atoms with Gasteiger partial charge in [-0.3, -0.25) is 4.79 Å². The van der Waals surface area contributed by atoms with Crippen LogP contribution in [0, 0.1) is 13.8 Å². The van der Waals surface area contributed by atoms with Crippen LogP contribution in [-0.4, -0.2) is 0 Å². The Bertz CT molecular complexity index is 1190. The van der Waals surface area contributed by atoms with Gasteiger partial charge < -0.3 is 9.15 Å². The van der Waals surface area contributed by atoms with Crippen LogP contribution >= 0.6 is 11.6 Å². The summed E-state index contributed by atoms with van der Waals surface area (Å²) in [6.45, 7) is 4.25. The van der Waals surface area contributed by atoms with E-state index in [4.69, 9.17) is 20.8 Å². The summed E-state index contributed by atoms with van der Waals surface area (Å²) in [5, 5.41) is 1.13. The summed E-state index contributed by atoms with van der Waals surface area (Å²) in [6, 6.07) is 20.7. The summed E-state index contributed by atoms with van der Waals surface area (Å²) in [4.78, 5) is 13.3. The Labute approximate surface area is 168 Å². The number of hydrogen-bond donors (Lipinski definition) is 0. The van der Waals surface area contributed by atoms with Crippen LogP contribution in [0.2, 0.25) is 5.02 Å². The third-order valence-corrected chi connectivity index (χ3v) is 5.05. The summed E-state index contributed by atoms with van der Waals surface area (Å²) in [5.74, 6) is 0.621. The van der Waals surface area contributed by atoms with Crippen LogP contribution in [0.3, 0.4) is 0 Å². The van der Waals surface area contributed by atoms with E-state index in [1.165, 1.54) is 0 Å². The number of halogens is 1. The lowest BCUT2D eigenvalue weighted by atomic mass is 10.0. The first kappa shape index (κ1) is 18.3. The SMILES string of the molecule is Cc1cc2oc(-c3ccc(Cl)cc3)c(OCc3ccccc3)c(=O)c2cc1C. The van der Waals surface area contributed by atoms with Gasteiger partial charge in [0.25, 0.3) is 0 Å². The molecule has 1 heterocycles. The van der Waals surface area contributed by atoms with E-state index < -0.39 is 0 Å². The van der Waals surface area contributed by atoms with E-state index in [1.807, 2.05) is 68.4 Å². The van der Waals surface area contributed by atoms with Crippen LogP contribution in [-0.2, 0) is 6.61 Å². The zero-order chi connectivity index (χ0) is 19.7. The molecule has 0 saturated carbocycles. The van der Waals surface area contributed by atoms with Crippen molar-refractivity contribution in [2.45, 2.75) is 20.5 Å². The smallest absolute Gasteiger partial charge is 0.235 e. The van der Waals surface area contributed by atoms with Crippen LogP contribution in [0.25, 0.3) is 22.3 Å². The van der Waals surface area contributed by atoms with Crippen molar-refractivity contribution in [3.8, 4) is 17.1 Å². The number of benzene rings is 3. The fourth-order valence-electron chi connectivity index (χ4n) is 3.09. The third-order valence-electron chi connectivity index (χ3n) is 4.80. The predicted molar refractivity (Wildman–Crippen MR) is 113 cm³/mol. The van der Waals surface area contributed by atoms with Crippen LogP contribution in [0.4, 0.5) is 0 Å². The quantitative estimate of drug-likeness (QED) is 0.410. The molecule has 0 amide bonds. The summed E-state index contributed by atoms with van der Waals surface area (Å²) >= 11 is 6.02. The van der Waals surface area contributed by atoms with Gasteiger partial charge in [0, 0.05) is 10.6 Å². The molecule has 3 nitrogen and oxygen atoms in total. The topological polar surface area (TPSA) is 39.4 Å². The van der Waals surface area contributed by atoms with E-state index in [9.17, 15) is 4.79 Å². The van der Waals surface area contributed by atoms with Crippen LogP contribution < -0.4 is 10.2 Å². The van der Waals surface area contributed by atoms with Crippen molar-refractivity contribution in [3.63, 3.8) is 0 Å². The highest BCUT2D eigenvalue weighted by Gasteiger charge is 2.18. The van der Waals surface area contributed by atoms with Crippen LogP contribution in [0.1, 0.15) is 16.7 Å². The van der Waals surface area contributed by atoms with Gasteiger partial charge in [-0.25, -0.2) is 0 Å². The molecule has 0 aliphatic carbocycles. The lowest BCUT2D eigenvalue weighted by Crippen LogP contribution is -2.10. The van der Waals surface area contributed by atoms with Gasteiger partial charge in [-0.15, -0.1) is 0 Å². The highest BCUT2D eigenvalue weighted by molar-refractivity contribution is 6.30. The molecule has 0 N–H and O–H groups in total. The maximum atomic E-state index is 13.3.